The summed E-state index contributed by atoms with van der Waals surface area (Å²) >= 11 is 20.5. The summed E-state index contributed by atoms with van der Waals surface area (Å²) in [5.41, 5.74) is 2.09. The Morgan fingerprint density at radius 2 is 1.81 bits per heavy atom. The van der Waals surface area contributed by atoms with E-state index in [0.717, 1.165) is 14.6 Å². The number of alkyl halides is 1. The standard InChI is InChI=1S/C14H7Cl3FIN2/c15-6-13-20-11-5-8(19)1-2-12(11)21(13)14-9(16)3-7(18)4-10(14)17/h1-5H,6H2. The average molecular weight is 455 g/mol. The lowest BCUT2D eigenvalue weighted by Gasteiger charge is -2.12. The van der Waals surface area contributed by atoms with Gasteiger partial charge in [0.2, 0.25) is 0 Å². The average Bonchev–Trinajstić information content (AvgIpc) is 2.75. The highest BCUT2D eigenvalue weighted by atomic mass is 127. The van der Waals surface area contributed by atoms with Crippen LogP contribution in [0.25, 0.3) is 16.7 Å². The normalized spacial score (nSPS) is 11.3. The molecule has 0 spiro atoms. The maximum absolute atomic E-state index is 13.4. The van der Waals surface area contributed by atoms with Gasteiger partial charge in [-0.25, -0.2) is 9.37 Å². The Morgan fingerprint density at radius 1 is 1.14 bits per heavy atom. The van der Waals surface area contributed by atoms with Crippen LogP contribution in [0.2, 0.25) is 10.0 Å². The quantitative estimate of drug-likeness (QED) is 0.352. The molecule has 0 fully saturated rings. The van der Waals surface area contributed by atoms with Gasteiger partial charge in [-0.15, -0.1) is 11.6 Å². The summed E-state index contributed by atoms with van der Waals surface area (Å²) < 4.78 is 16.2. The van der Waals surface area contributed by atoms with Crippen molar-refractivity contribution in [3.63, 3.8) is 0 Å². The summed E-state index contributed by atoms with van der Waals surface area (Å²) in [6.45, 7) is 0. The van der Waals surface area contributed by atoms with Crippen LogP contribution in [0.5, 0.6) is 0 Å². The third-order valence-corrected chi connectivity index (χ3v) is 4.50. The molecule has 0 N–H and O–H groups in total. The van der Waals surface area contributed by atoms with Gasteiger partial charge in [0.05, 0.1) is 32.6 Å². The van der Waals surface area contributed by atoms with Crippen molar-refractivity contribution in [3.05, 3.63) is 55.6 Å². The van der Waals surface area contributed by atoms with Crippen LogP contribution in [0.4, 0.5) is 4.39 Å². The first-order valence-corrected chi connectivity index (χ1v) is 8.26. The number of fused-ring (bicyclic) bond motifs is 1. The van der Waals surface area contributed by atoms with E-state index in [1.54, 1.807) is 4.57 Å². The third-order valence-electron chi connectivity index (χ3n) is 3.01. The molecule has 7 heteroatoms. The molecule has 0 bridgehead atoms. The minimum Gasteiger partial charge on any atom is -0.292 e. The van der Waals surface area contributed by atoms with Crippen LogP contribution in [0, 0.1) is 9.39 Å². The number of hydrogen-bond donors (Lipinski definition) is 0. The first-order valence-electron chi connectivity index (χ1n) is 5.89. The van der Waals surface area contributed by atoms with E-state index in [1.165, 1.54) is 12.1 Å². The van der Waals surface area contributed by atoms with Crippen molar-refractivity contribution in [3.8, 4) is 5.69 Å². The molecule has 0 aliphatic carbocycles. The fourth-order valence-corrected chi connectivity index (χ4v) is 3.47. The van der Waals surface area contributed by atoms with Crippen molar-refractivity contribution in [2.24, 2.45) is 0 Å². The number of benzene rings is 2. The lowest BCUT2D eigenvalue weighted by Crippen LogP contribution is -2.01. The summed E-state index contributed by atoms with van der Waals surface area (Å²) in [5.74, 6) is 0.305. The molecular weight excluding hydrogens is 448 g/mol. The van der Waals surface area contributed by atoms with Gasteiger partial charge < -0.3 is 0 Å². The molecule has 2 aromatic carbocycles. The van der Waals surface area contributed by atoms with Crippen molar-refractivity contribution >= 4 is 68.4 Å². The molecule has 108 valence electrons. The van der Waals surface area contributed by atoms with Crippen LogP contribution in [-0.2, 0) is 5.88 Å². The molecule has 1 aromatic heterocycles. The van der Waals surface area contributed by atoms with Gasteiger partial charge >= 0.3 is 0 Å². The fourth-order valence-electron chi connectivity index (χ4n) is 2.19. The van der Waals surface area contributed by atoms with E-state index in [0.29, 0.717) is 11.5 Å². The predicted octanol–water partition coefficient (Wildman–Crippen LogP) is 5.81. The number of nitrogens with zero attached hydrogens (tertiary/aromatic N) is 2. The van der Waals surface area contributed by atoms with Crippen LogP contribution in [0.3, 0.4) is 0 Å². The summed E-state index contributed by atoms with van der Waals surface area (Å²) in [6.07, 6.45) is 0. The van der Waals surface area contributed by atoms with E-state index in [9.17, 15) is 4.39 Å². The van der Waals surface area contributed by atoms with Crippen LogP contribution in [0.1, 0.15) is 5.82 Å². The number of halogens is 5. The lowest BCUT2D eigenvalue weighted by atomic mass is 10.2. The molecule has 2 nitrogen and oxygen atoms in total. The topological polar surface area (TPSA) is 17.8 Å². The highest BCUT2D eigenvalue weighted by Crippen LogP contribution is 2.34. The van der Waals surface area contributed by atoms with E-state index < -0.39 is 5.82 Å². The molecular formula is C14H7Cl3FIN2. The molecule has 21 heavy (non-hydrogen) atoms. The van der Waals surface area contributed by atoms with Crippen LogP contribution in [-0.4, -0.2) is 9.55 Å². The molecule has 3 rings (SSSR count). The Balaban J connectivity index is 2.39. The zero-order valence-electron chi connectivity index (χ0n) is 10.4. The molecule has 0 radical (unpaired) electrons. The second kappa shape index (κ2) is 5.91. The summed E-state index contributed by atoms with van der Waals surface area (Å²) in [6, 6.07) is 8.24. The first kappa shape index (κ1) is 15.3. The van der Waals surface area contributed by atoms with Gasteiger partial charge in [-0.3, -0.25) is 4.57 Å². The Kier molecular flexibility index (Phi) is 4.32. The highest BCUT2D eigenvalue weighted by Gasteiger charge is 2.18. The summed E-state index contributed by atoms with van der Waals surface area (Å²) in [7, 11) is 0. The van der Waals surface area contributed by atoms with E-state index in [-0.39, 0.29) is 15.9 Å². The summed E-state index contributed by atoms with van der Waals surface area (Å²) in [5, 5.41) is 0.424. The van der Waals surface area contributed by atoms with E-state index in [4.69, 9.17) is 34.8 Å². The highest BCUT2D eigenvalue weighted by molar-refractivity contribution is 14.1. The van der Waals surface area contributed by atoms with Crippen molar-refractivity contribution in [1.29, 1.82) is 0 Å². The molecule has 0 aliphatic rings. The van der Waals surface area contributed by atoms with Gasteiger partial charge in [-0.2, -0.15) is 0 Å². The Morgan fingerprint density at radius 3 is 2.43 bits per heavy atom. The fraction of sp³-hybridized carbons (Fsp3) is 0.0714. The van der Waals surface area contributed by atoms with E-state index in [2.05, 4.69) is 27.6 Å². The van der Waals surface area contributed by atoms with Gasteiger partial charge in [-0.05, 0) is 52.9 Å². The molecule has 0 unspecified atom stereocenters. The summed E-state index contributed by atoms with van der Waals surface area (Å²) in [4.78, 5) is 4.49. The third kappa shape index (κ3) is 2.74. The van der Waals surface area contributed by atoms with Crippen molar-refractivity contribution in [2.75, 3.05) is 0 Å². The second-order valence-electron chi connectivity index (χ2n) is 4.35. The monoisotopic (exact) mass is 454 g/mol. The SMILES string of the molecule is Fc1cc(Cl)c(-n2c(CCl)nc3cc(I)ccc32)c(Cl)c1. The maximum atomic E-state index is 13.4. The first-order chi connectivity index (χ1) is 10.0. The molecule has 0 aliphatic heterocycles. The number of imidazole rings is 1. The number of rotatable bonds is 2. The van der Waals surface area contributed by atoms with Crippen LogP contribution < -0.4 is 0 Å². The maximum Gasteiger partial charge on any atom is 0.129 e. The van der Waals surface area contributed by atoms with Gasteiger partial charge in [-0.1, -0.05) is 23.2 Å². The Bertz CT molecular complexity index is 825. The molecule has 3 aromatic rings. The van der Waals surface area contributed by atoms with Gasteiger partial charge in [0.25, 0.3) is 0 Å². The second-order valence-corrected chi connectivity index (χ2v) is 6.68. The molecule has 0 saturated heterocycles. The van der Waals surface area contributed by atoms with E-state index >= 15 is 0 Å². The Labute approximate surface area is 149 Å². The number of hydrogen-bond acceptors (Lipinski definition) is 1. The molecule has 1 heterocycles. The zero-order chi connectivity index (χ0) is 15.1. The zero-order valence-corrected chi connectivity index (χ0v) is 14.8. The molecule has 0 amide bonds. The smallest absolute Gasteiger partial charge is 0.129 e. The van der Waals surface area contributed by atoms with Crippen molar-refractivity contribution < 1.29 is 4.39 Å². The number of aromatic nitrogens is 2. The van der Waals surface area contributed by atoms with Crippen molar-refractivity contribution in [2.45, 2.75) is 5.88 Å². The minimum absolute atomic E-state index is 0.190. The van der Waals surface area contributed by atoms with Crippen LogP contribution in [0.15, 0.2) is 30.3 Å². The molecule has 0 saturated carbocycles. The van der Waals surface area contributed by atoms with Crippen molar-refractivity contribution in [1.82, 2.24) is 9.55 Å². The largest absolute Gasteiger partial charge is 0.292 e. The minimum atomic E-state index is -0.486. The van der Waals surface area contributed by atoms with Gasteiger partial charge in [0.15, 0.2) is 0 Å². The predicted molar refractivity (Wildman–Crippen MR) is 93.3 cm³/mol. The molecule has 0 atom stereocenters. The van der Waals surface area contributed by atoms with Gasteiger partial charge in [0.1, 0.15) is 11.6 Å². The van der Waals surface area contributed by atoms with Gasteiger partial charge in [0, 0.05) is 3.57 Å². The lowest BCUT2D eigenvalue weighted by molar-refractivity contribution is 0.627. The Hall–Kier alpha value is -0.560. The van der Waals surface area contributed by atoms with E-state index in [1.807, 2.05) is 18.2 Å². The van der Waals surface area contributed by atoms with Crippen LogP contribution >= 0.6 is 57.4 Å².